The highest BCUT2D eigenvalue weighted by molar-refractivity contribution is 14.1. The molecule has 18 heavy (non-hydrogen) atoms. The number of hydrogen-bond acceptors (Lipinski definition) is 1. The third-order valence-electron chi connectivity index (χ3n) is 3.46. The van der Waals surface area contributed by atoms with Gasteiger partial charge in [-0.1, -0.05) is 59.0 Å². The van der Waals surface area contributed by atoms with Crippen molar-refractivity contribution >= 4 is 34.0 Å². The van der Waals surface area contributed by atoms with E-state index in [1.807, 2.05) is 0 Å². The number of para-hydroxylation sites is 2. The first-order valence-electron chi connectivity index (χ1n) is 6.39. The highest BCUT2D eigenvalue weighted by Crippen LogP contribution is 2.38. The van der Waals surface area contributed by atoms with Crippen LogP contribution in [-0.2, 0) is 6.42 Å². The second kappa shape index (κ2) is 5.31. The Bertz CT molecular complexity index is 505. The first-order chi connectivity index (χ1) is 8.90. The molecule has 0 unspecified atom stereocenters. The highest BCUT2D eigenvalue weighted by Gasteiger charge is 2.20. The van der Waals surface area contributed by atoms with Gasteiger partial charge in [0.1, 0.15) is 0 Å². The van der Waals surface area contributed by atoms with Gasteiger partial charge in [-0.3, -0.25) is 0 Å². The Labute approximate surface area is 122 Å². The zero-order valence-electron chi connectivity index (χ0n) is 10.3. The molecular formula is C16H16IN. The summed E-state index contributed by atoms with van der Waals surface area (Å²) in [6.07, 6.45) is 2.29. The summed E-state index contributed by atoms with van der Waals surface area (Å²) < 4.78 is 1.21. The van der Waals surface area contributed by atoms with E-state index in [4.69, 9.17) is 0 Å². The second-order valence-electron chi connectivity index (χ2n) is 4.63. The molecule has 0 fully saturated rings. The van der Waals surface area contributed by atoms with Crippen molar-refractivity contribution in [3.05, 3.63) is 59.7 Å². The summed E-state index contributed by atoms with van der Waals surface area (Å²) in [6, 6.07) is 17.6. The standard InChI is InChI=1S/C16H16IN/c17-10-5-11-18-15-8-3-1-6-13(15)12-14-7-2-4-9-16(14)18/h1-4,6-9H,5,10-12H2. The van der Waals surface area contributed by atoms with Crippen molar-refractivity contribution in [3.63, 3.8) is 0 Å². The topological polar surface area (TPSA) is 3.24 Å². The smallest absolute Gasteiger partial charge is 0.0446 e. The van der Waals surface area contributed by atoms with E-state index >= 15 is 0 Å². The SMILES string of the molecule is ICCCN1c2ccccc2Cc2ccccc21. The molecule has 0 spiro atoms. The number of rotatable bonds is 3. The normalized spacial score (nSPS) is 13.1. The monoisotopic (exact) mass is 349 g/mol. The van der Waals surface area contributed by atoms with E-state index in [0.29, 0.717) is 0 Å². The number of benzene rings is 2. The van der Waals surface area contributed by atoms with Crippen molar-refractivity contribution in [2.24, 2.45) is 0 Å². The minimum Gasteiger partial charge on any atom is -0.341 e. The maximum absolute atomic E-state index is 2.48. The average Bonchev–Trinajstić information content (AvgIpc) is 2.43. The molecule has 1 aliphatic heterocycles. The summed E-state index contributed by atoms with van der Waals surface area (Å²) in [7, 11) is 0. The number of fused-ring (bicyclic) bond motifs is 2. The van der Waals surface area contributed by atoms with Gasteiger partial charge < -0.3 is 4.90 Å². The number of halogens is 1. The largest absolute Gasteiger partial charge is 0.341 e. The predicted octanol–water partition coefficient (Wildman–Crippen LogP) is 4.55. The fourth-order valence-electron chi connectivity index (χ4n) is 2.64. The zero-order valence-corrected chi connectivity index (χ0v) is 12.4. The second-order valence-corrected chi connectivity index (χ2v) is 5.71. The molecule has 2 aromatic carbocycles. The minimum atomic E-state index is 1.06. The van der Waals surface area contributed by atoms with E-state index in [2.05, 4.69) is 76.0 Å². The molecule has 0 aliphatic carbocycles. The van der Waals surface area contributed by atoms with Gasteiger partial charge >= 0.3 is 0 Å². The van der Waals surface area contributed by atoms with Crippen LogP contribution in [0, 0.1) is 0 Å². The van der Waals surface area contributed by atoms with Crippen LogP contribution < -0.4 is 4.90 Å². The summed E-state index contributed by atoms with van der Waals surface area (Å²) in [4.78, 5) is 2.48. The molecule has 0 aromatic heterocycles. The third-order valence-corrected chi connectivity index (χ3v) is 4.22. The summed E-state index contributed by atoms with van der Waals surface area (Å²) in [5, 5.41) is 0. The Balaban J connectivity index is 2.05. The van der Waals surface area contributed by atoms with Crippen molar-refractivity contribution in [2.75, 3.05) is 15.9 Å². The minimum absolute atomic E-state index is 1.06. The van der Waals surface area contributed by atoms with Gasteiger partial charge in [0, 0.05) is 28.8 Å². The number of hydrogen-bond donors (Lipinski definition) is 0. The van der Waals surface area contributed by atoms with Crippen molar-refractivity contribution in [2.45, 2.75) is 12.8 Å². The molecule has 0 radical (unpaired) electrons. The maximum atomic E-state index is 2.48. The Kier molecular flexibility index (Phi) is 3.55. The van der Waals surface area contributed by atoms with Gasteiger partial charge in [0.2, 0.25) is 0 Å². The molecule has 1 heterocycles. The lowest BCUT2D eigenvalue weighted by Crippen LogP contribution is -2.24. The molecule has 0 bridgehead atoms. The molecule has 2 heteroatoms. The molecule has 1 nitrogen and oxygen atoms in total. The summed E-state index contributed by atoms with van der Waals surface area (Å²) in [6.45, 7) is 1.11. The van der Waals surface area contributed by atoms with Crippen molar-refractivity contribution in [1.82, 2.24) is 0 Å². The fraction of sp³-hybridized carbons (Fsp3) is 0.250. The highest BCUT2D eigenvalue weighted by atomic mass is 127. The predicted molar refractivity (Wildman–Crippen MR) is 86.2 cm³/mol. The Morgan fingerprint density at radius 1 is 0.889 bits per heavy atom. The van der Waals surface area contributed by atoms with Crippen molar-refractivity contribution in [1.29, 1.82) is 0 Å². The molecule has 0 N–H and O–H groups in total. The maximum Gasteiger partial charge on any atom is 0.0446 e. The summed E-state index contributed by atoms with van der Waals surface area (Å²) >= 11 is 2.46. The van der Waals surface area contributed by atoms with E-state index in [1.54, 1.807) is 0 Å². The van der Waals surface area contributed by atoms with Crippen LogP contribution in [0.4, 0.5) is 11.4 Å². The van der Waals surface area contributed by atoms with Gasteiger partial charge in [-0.25, -0.2) is 0 Å². The average molecular weight is 349 g/mol. The number of anilines is 2. The zero-order chi connectivity index (χ0) is 12.4. The quantitative estimate of drug-likeness (QED) is 0.580. The Morgan fingerprint density at radius 2 is 1.44 bits per heavy atom. The van der Waals surface area contributed by atoms with Gasteiger partial charge in [0.15, 0.2) is 0 Å². The number of nitrogens with zero attached hydrogens (tertiary/aromatic N) is 1. The summed E-state index contributed by atoms with van der Waals surface area (Å²) in [5.74, 6) is 0. The van der Waals surface area contributed by atoms with Gasteiger partial charge in [0.05, 0.1) is 0 Å². The molecule has 0 saturated heterocycles. The lowest BCUT2D eigenvalue weighted by Gasteiger charge is -2.33. The van der Waals surface area contributed by atoms with Crippen LogP contribution in [0.3, 0.4) is 0 Å². The number of alkyl halides is 1. The van der Waals surface area contributed by atoms with Crippen molar-refractivity contribution < 1.29 is 0 Å². The molecule has 2 aromatic rings. The first-order valence-corrected chi connectivity index (χ1v) is 7.92. The van der Waals surface area contributed by atoms with E-state index in [0.717, 1.165) is 13.0 Å². The fourth-order valence-corrected chi connectivity index (χ4v) is 2.98. The molecule has 0 saturated carbocycles. The molecule has 3 rings (SSSR count). The van der Waals surface area contributed by atoms with Crippen LogP contribution in [0.2, 0.25) is 0 Å². The third kappa shape index (κ3) is 2.14. The van der Waals surface area contributed by atoms with Crippen LogP contribution in [0.1, 0.15) is 17.5 Å². The molecule has 0 amide bonds. The first kappa shape index (κ1) is 12.0. The lowest BCUT2D eigenvalue weighted by molar-refractivity contribution is 0.876. The van der Waals surface area contributed by atoms with Gasteiger partial charge in [-0.2, -0.15) is 0 Å². The lowest BCUT2D eigenvalue weighted by atomic mass is 9.95. The summed E-state index contributed by atoms with van der Waals surface area (Å²) in [5.41, 5.74) is 5.68. The van der Waals surface area contributed by atoms with Crippen LogP contribution >= 0.6 is 22.6 Å². The molecule has 0 atom stereocenters. The Morgan fingerprint density at radius 3 is 2.00 bits per heavy atom. The molecule has 92 valence electrons. The van der Waals surface area contributed by atoms with Gasteiger partial charge in [-0.05, 0) is 29.7 Å². The van der Waals surface area contributed by atoms with E-state index in [9.17, 15) is 0 Å². The van der Waals surface area contributed by atoms with Crippen LogP contribution in [0.15, 0.2) is 48.5 Å². The van der Waals surface area contributed by atoms with Crippen LogP contribution in [-0.4, -0.2) is 11.0 Å². The van der Waals surface area contributed by atoms with Crippen LogP contribution in [0.5, 0.6) is 0 Å². The van der Waals surface area contributed by atoms with E-state index in [-0.39, 0.29) is 0 Å². The van der Waals surface area contributed by atoms with Gasteiger partial charge in [-0.15, -0.1) is 0 Å². The van der Waals surface area contributed by atoms with Crippen LogP contribution in [0.25, 0.3) is 0 Å². The molecular weight excluding hydrogens is 333 g/mol. The van der Waals surface area contributed by atoms with E-state index < -0.39 is 0 Å². The molecule has 1 aliphatic rings. The van der Waals surface area contributed by atoms with Gasteiger partial charge in [0.25, 0.3) is 0 Å². The van der Waals surface area contributed by atoms with Crippen molar-refractivity contribution in [3.8, 4) is 0 Å². The van der Waals surface area contributed by atoms with E-state index in [1.165, 1.54) is 33.4 Å². The Hall–Kier alpha value is -1.03.